The minimum absolute atomic E-state index is 0.0232. The maximum Gasteiger partial charge on any atom is 0.243 e. The molecule has 1 aromatic rings. The molecule has 2 atom stereocenters. The fourth-order valence-corrected chi connectivity index (χ4v) is 1.68. The van der Waals surface area contributed by atoms with Crippen LogP contribution in [0.15, 0.2) is 24.3 Å². The van der Waals surface area contributed by atoms with Gasteiger partial charge in [-0.1, -0.05) is 32.4 Å². The van der Waals surface area contributed by atoms with Crippen LogP contribution < -0.4 is 10.6 Å². The number of anilines is 1. The third kappa shape index (κ3) is 3.30. The van der Waals surface area contributed by atoms with Crippen molar-refractivity contribution in [1.82, 2.24) is 0 Å². The Balaban J connectivity index is 2.83. The third-order valence-corrected chi connectivity index (χ3v) is 3.26. The van der Waals surface area contributed by atoms with Crippen LogP contribution in [0.5, 0.6) is 0 Å². The molecule has 94 valence electrons. The monoisotopic (exact) mass is 234 g/mol. The Morgan fingerprint density at radius 2 is 2.12 bits per heavy atom. The quantitative estimate of drug-likeness (QED) is 0.869. The van der Waals surface area contributed by atoms with Gasteiger partial charge in [-0.15, -0.1) is 0 Å². The molecule has 1 aromatic carbocycles. The molecule has 0 bridgehead atoms. The van der Waals surface area contributed by atoms with Crippen molar-refractivity contribution in [3.63, 3.8) is 0 Å². The molecule has 0 fully saturated rings. The Labute approximate surface area is 104 Å². The molecular formula is C14H22N2O. The average molecular weight is 234 g/mol. The van der Waals surface area contributed by atoms with Gasteiger partial charge in [0.05, 0.1) is 6.04 Å². The van der Waals surface area contributed by atoms with Crippen LogP contribution in [0.25, 0.3) is 0 Å². The topological polar surface area (TPSA) is 46.3 Å². The molecular weight excluding hydrogens is 212 g/mol. The number of benzene rings is 1. The molecule has 0 aliphatic carbocycles. The summed E-state index contributed by atoms with van der Waals surface area (Å²) >= 11 is 0. The van der Waals surface area contributed by atoms with Gasteiger partial charge in [0.25, 0.3) is 0 Å². The molecule has 0 heterocycles. The summed E-state index contributed by atoms with van der Waals surface area (Å²) in [6, 6.07) is 7.44. The van der Waals surface area contributed by atoms with Gasteiger partial charge in [-0.05, 0) is 30.5 Å². The van der Waals surface area contributed by atoms with Gasteiger partial charge in [0.2, 0.25) is 5.91 Å². The molecule has 0 radical (unpaired) electrons. The lowest BCUT2D eigenvalue weighted by Crippen LogP contribution is -2.45. The Morgan fingerprint density at radius 3 is 2.65 bits per heavy atom. The summed E-state index contributed by atoms with van der Waals surface area (Å²) in [6.07, 6.45) is 0.911. The lowest BCUT2D eigenvalue weighted by molar-refractivity contribution is -0.120. The molecule has 1 unspecified atom stereocenters. The number of carbonyl (C=O) groups excluding carboxylic acids is 1. The summed E-state index contributed by atoms with van der Waals surface area (Å²) in [5.74, 6) is 0.180. The molecule has 0 aromatic heterocycles. The Kier molecular flexibility index (Phi) is 4.70. The van der Waals surface area contributed by atoms with E-state index < -0.39 is 6.04 Å². The predicted octanol–water partition coefficient (Wildman–Crippen LogP) is 2.33. The van der Waals surface area contributed by atoms with Crippen LogP contribution in [0.4, 0.5) is 5.69 Å². The van der Waals surface area contributed by atoms with E-state index in [1.165, 1.54) is 0 Å². The molecule has 0 aliphatic heterocycles. The third-order valence-electron chi connectivity index (χ3n) is 3.26. The molecule has 0 saturated carbocycles. The van der Waals surface area contributed by atoms with Crippen molar-refractivity contribution in [2.75, 3.05) is 11.9 Å². The van der Waals surface area contributed by atoms with Gasteiger partial charge in [-0.25, -0.2) is 0 Å². The van der Waals surface area contributed by atoms with Crippen molar-refractivity contribution in [2.45, 2.75) is 33.2 Å². The van der Waals surface area contributed by atoms with E-state index in [0.717, 1.165) is 17.7 Å². The number of amides is 1. The Morgan fingerprint density at radius 1 is 1.47 bits per heavy atom. The van der Waals surface area contributed by atoms with Crippen LogP contribution in [-0.4, -0.2) is 19.0 Å². The molecule has 3 heteroatoms. The van der Waals surface area contributed by atoms with E-state index in [0.29, 0.717) is 0 Å². The normalized spacial score (nSPS) is 14.2. The SMILES string of the molecule is CCC(C)[C@H](N)C(=O)N(C)c1cccc(C)c1. The van der Waals surface area contributed by atoms with Crippen LogP contribution in [0, 0.1) is 12.8 Å². The second-order valence-corrected chi connectivity index (χ2v) is 4.65. The summed E-state index contributed by atoms with van der Waals surface area (Å²) < 4.78 is 0. The highest BCUT2D eigenvalue weighted by Crippen LogP contribution is 2.17. The van der Waals surface area contributed by atoms with E-state index in [2.05, 4.69) is 0 Å². The maximum atomic E-state index is 12.2. The van der Waals surface area contributed by atoms with E-state index in [1.54, 1.807) is 11.9 Å². The van der Waals surface area contributed by atoms with E-state index >= 15 is 0 Å². The number of nitrogens with zero attached hydrogens (tertiary/aromatic N) is 1. The van der Waals surface area contributed by atoms with Crippen molar-refractivity contribution >= 4 is 11.6 Å². The van der Waals surface area contributed by atoms with E-state index in [4.69, 9.17) is 5.73 Å². The maximum absolute atomic E-state index is 12.2. The molecule has 0 saturated heterocycles. The zero-order valence-corrected chi connectivity index (χ0v) is 11.1. The van der Waals surface area contributed by atoms with Gasteiger partial charge >= 0.3 is 0 Å². The van der Waals surface area contributed by atoms with Crippen molar-refractivity contribution in [3.8, 4) is 0 Å². The second-order valence-electron chi connectivity index (χ2n) is 4.65. The zero-order valence-electron chi connectivity index (χ0n) is 11.1. The first-order chi connectivity index (χ1) is 7.97. The summed E-state index contributed by atoms with van der Waals surface area (Å²) in [7, 11) is 1.78. The van der Waals surface area contributed by atoms with Crippen LogP contribution >= 0.6 is 0 Å². The summed E-state index contributed by atoms with van der Waals surface area (Å²) in [6.45, 7) is 6.06. The van der Waals surface area contributed by atoms with Crippen LogP contribution in [0.3, 0.4) is 0 Å². The fourth-order valence-electron chi connectivity index (χ4n) is 1.68. The highest BCUT2D eigenvalue weighted by Gasteiger charge is 2.23. The van der Waals surface area contributed by atoms with E-state index in [9.17, 15) is 4.79 Å². The molecule has 0 aliphatic rings. The minimum Gasteiger partial charge on any atom is -0.320 e. The smallest absolute Gasteiger partial charge is 0.243 e. The van der Waals surface area contributed by atoms with Crippen molar-refractivity contribution < 1.29 is 4.79 Å². The predicted molar refractivity (Wildman–Crippen MR) is 72.0 cm³/mol. The number of hydrogen-bond acceptors (Lipinski definition) is 2. The number of nitrogens with two attached hydrogens (primary N) is 1. The van der Waals surface area contributed by atoms with Gasteiger partial charge < -0.3 is 10.6 Å². The largest absolute Gasteiger partial charge is 0.320 e. The first-order valence-corrected chi connectivity index (χ1v) is 6.07. The number of likely N-dealkylation sites (N-methyl/N-ethyl adjacent to an activating group) is 1. The highest BCUT2D eigenvalue weighted by molar-refractivity contribution is 5.96. The van der Waals surface area contributed by atoms with Gasteiger partial charge in [0.1, 0.15) is 0 Å². The second kappa shape index (κ2) is 5.82. The standard InChI is InChI=1S/C14H22N2O/c1-5-11(3)13(15)14(17)16(4)12-8-6-7-10(2)9-12/h6-9,11,13H,5,15H2,1-4H3/t11?,13-/m0/s1. The summed E-state index contributed by atoms with van der Waals surface area (Å²) in [5, 5.41) is 0. The molecule has 3 nitrogen and oxygen atoms in total. The van der Waals surface area contributed by atoms with Crippen molar-refractivity contribution in [1.29, 1.82) is 0 Å². The van der Waals surface area contributed by atoms with E-state index in [1.807, 2.05) is 45.0 Å². The van der Waals surface area contributed by atoms with Crippen LogP contribution in [0.2, 0.25) is 0 Å². The summed E-state index contributed by atoms with van der Waals surface area (Å²) in [4.78, 5) is 13.8. The minimum atomic E-state index is -0.425. The number of rotatable bonds is 4. The van der Waals surface area contributed by atoms with Gasteiger partial charge in [0.15, 0.2) is 0 Å². The summed E-state index contributed by atoms with van der Waals surface area (Å²) in [5.41, 5.74) is 7.99. The average Bonchev–Trinajstić information content (AvgIpc) is 2.35. The molecule has 17 heavy (non-hydrogen) atoms. The molecule has 2 N–H and O–H groups in total. The molecule has 1 amide bonds. The van der Waals surface area contributed by atoms with Crippen molar-refractivity contribution in [3.05, 3.63) is 29.8 Å². The molecule has 1 rings (SSSR count). The van der Waals surface area contributed by atoms with E-state index in [-0.39, 0.29) is 11.8 Å². The number of hydrogen-bond donors (Lipinski definition) is 1. The van der Waals surface area contributed by atoms with Crippen molar-refractivity contribution in [2.24, 2.45) is 11.7 Å². The highest BCUT2D eigenvalue weighted by atomic mass is 16.2. The van der Waals surface area contributed by atoms with Gasteiger partial charge in [0, 0.05) is 12.7 Å². The van der Waals surface area contributed by atoms with Gasteiger partial charge in [-0.2, -0.15) is 0 Å². The number of carbonyl (C=O) groups is 1. The van der Waals surface area contributed by atoms with Crippen LogP contribution in [-0.2, 0) is 4.79 Å². The van der Waals surface area contributed by atoms with Gasteiger partial charge in [-0.3, -0.25) is 4.79 Å². The van der Waals surface area contributed by atoms with Crippen LogP contribution in [0.1, 0.15) is 25.8 Å². The number of aryl methyl sites for hydroxylation is 1. The Bertz CT molecular complexity index is 390. The first-order valence-electron chi connectivity index (χ1n) is 6.07. The first kappa shape index (κ1) is 13.7. The Hall–Kier alpha value is -1.35. The lowest BCUT2D eigenvalue weighted by atomic mass is 9.99. The molecule has 0 spiro atoms. The lowest BCUT2D eigenvalue weighted by Gasteiger charge is -2.24. The fraction of sp³-hybridized carbons (Fsp3) is 0.500. The zero-order chi connectivity index (χ0) is 13.0.